The lowest BCUT2D eigenvalue weighted by Crippen LogP contribution is -2.07. The summed E-state index contributed by atoms with van der Waals surface area (Å²) in [4.78, 5) is 23.3. The number of aryl methyl sites for hydroxylation is 1. The smallest absolute Gasteiger partial charge is 0.247 e. The van der Waals surface area contributed by atoms with Gasteiger partial charge >= 0.3 is 0 Å². The molecule has 0 fully saturated rings. The topological polar surface area (TPSA) is 59.3 Å². The van der Waals surface area contributed by atoms with Crippen molar-refractivity contribution in [2.75, 3.05) is 5.32 Å². The Balaban J connectivity index is 2.14. The Bertz CT molecular complexity index is 638. The van der Waals surface area contributed by atoms with Crippen LogP contribution in [0.5, 0.6) is 0 Å². The number of amides is 1. The molecule has 0 aliphatic heterocycles. The van der Waals surface area contributed by atoms with Gasteiger partial charge in [-0.15, -0.1) is 0 Å². The molecular formula is C16H15NO3. The van der Waals surface area contributed by atoms with Crippen molar-refractivity contribution in [3.8, 4) is 0 Å². The SMILES string of the molecule is C=CC(=O)Nc1ccc(C(=O)c2ccc(CC)o2)cc1. The first kappa shape index (κ1) is 13.8. The largest absolute Gasteiger partial charge is 0.458 e. The van der Waals surface area contributed by atoms with E-state index in [4.69, 9.17) is 4.42 Å². The van der Waals surface area contributed by atoms with Gasteiger partial charge in [-0.1, -0.05) is 13.5 Å². The summed E-state index contributed by atoms with van der Waals surface area (Å²) in [6, 6.07) is 10.1. The maximum Gasteiger partial charge on any atom is 0.247 e. The van der Waals surface area contributed by atoms with E-state index >= 15 is 0 Å². The average Bonchev–Trinajstić information content (AvgIpc) is 2.96. The quantitative estimate of drug-likeness (QED) is 0.669. The van der Waals surface area contributed by atoms with Crippen LogP contribution < -0.4 is 5.32 Å². The first-order chi connectivity index (χ1) is 9.63. The Labute approximate surface area is 117 Å². The number of rotatable bonds is 5. The van der Waals surface area contributed by atoms with E-state index in [0.717, 1.165) is 12.2 Å². The van der Waals surface area contributed by atoms with E-state index in [1.165, 1.54) is 6.08 Å². The van der Waals surface area contributed by atoms with Gasteiger partial charge in [0.2, 0.25) is 11.7 Å². The zero-order valence-corrected chi connectivity index (χ0v) is 11.2. The molecule has 1 heterocycles. The Hall–Kier alpha value is -2.62. The van der Waals surface area contributed by atoms with Crippen LogP contribution >= 0.6 is 0 Å². The van der Waals surface area contributed by atoms with Crippen molar-refractivity contribution in [2.45, 2.75) is 13.3 Å². The summed E-state index contributed by atoms with van der Waals surface area (Å²) in [5.74, 6) is 0.641. The standard InChI is InChI=1S/C16H15NO3/c1-3-13-9-10-14(20-13)16(19)11-5-7-12(8-6-11)17-15(18)4-2/h4-10H,2-3H2,1H3,(H,17,18). The number of carbonyl (C=O) groups is 2. The van der Waals surface area contributed by atoms with Crippen molar-refractivity contribution in [2.24, 2.45) is 0 Å². The molecular weight excluding hydrogens is 254 g/mol. The van der Waals surface area contributed by atoms with Gasteiger partial charge in [-0.2, -0.15) is 0 Å². The zero-order valence-electron chi connectivity index (χ0n) is 11.2. The first-order valence-corrected chi connectivity index (χ1v) is 6.31. The molecule has 0 atom stereocenters. The van der Waals surface area contributed by atoms with Gasteiger partial charge in [-0.3, -0.25) is 9.59 Å². The number of ketones is 1. The van der Waals surface area contributed by atoms with E-state index in [2.05, 4.69) is 11.9 Å². The fourth-order valence-electron chi connectivity index (χ4n) is 1.73. The highest BCUT2D eigenvalue weighted by molar-refractivity contribution is 6.07. The molecule has 1 N–H and O–H groups in total. The summed E-state index contributed by atoms with van der Waals surface area (Å²) in [5.41, 5.74) is 1.12. The summed E-state index contributed by atoms with van der Waals surface area (Å²) in [7, 11) is 0. The molecule has 0 unspecified atom stereocenters. The van der Waals surface area contributed by atoms with Crippen molar-refractivity contribution in [1.29, 1.82) is 0 Å². The van der Waals surface area contributed by atoms with Crippen LogP contribution in [0.2, 0.25) is 0 Å². The molecule has 1 aromatic heterocycles. The molecule has 2 rings (SSSR count). The first-order valence-electron chi connectivity index (χ1n) is 6.31. The zero-order chi connectivity index (χ0) is 14.5. The van der Waals surface area contributed by atoms with Crippen LogP contribution in [0.4, 0.5) is 5.69 Å². The highest BCUT2D eigenvalue weighted by Gasteiger charge is 2.13. The molecule has 0 saturated carbocycles. The Morgan fingerprint density at radius 3 is 2.45 bits per heavy atom. The second-order valence-electron chi connectivity index (χ2n) is 4.22. The van der Waals surface area contributed by atoms with Crippen LogP contribution in [0.15, 0.2) is 53.5 Å². The summed E-state index contributed by atoms with van der Waals surface area (Å²) in [6.45, 7) is 5.34. The minimum Gasteiger partial charge on any atom is -0.458 e. The van der Waals surface area contributed by atoms with Crippen LogP contribution in [0.1, 0.15) is 28.8 Å². The number of benzene rings is 1. The van der Waals surface area contributed by atoms with Gasteiger partial charge < -0.3 is 9.73 Å². The van der Waals surface area contributed by atoms with Gasteiger partial charge in [0, 0.05) is 17.7 Å². The van der Waals surface area contributed by atoms with Crippen LogP contribution in [-0.2, 0) is 11.2 Å². The molecule has 2 aromatic rings. The molecule has 0 radical (unpaired) electrons. The van der Waals surface area contributed by atoms with Crippen molar-refractivity contribution in [3.63, 3.8) is 0 Å². The monoisotopic (exact) mass is 269 g/mol. The molecule has 4 nitrogen and oxygen atoms in total. The summed E-state index contributed by atoms with van der Waals surface area (Å²) in [6.07, 6.45) is 1.94. The summed E-state index contributed by atoms with van der Waals surface area (Å²) >= 11 is 0. The number of carbonyl (C=O) groups excluding carboxylic acids is 2. The molecule has 0 saturated heterocycles. The molecule has 1 amide bonds. The highest BCUT2D eigenvalue weighted by atomic mass is 16.3. The van der Waals surface area contributed by atoms with Crippen LogP contribution in [0.25, 0.3) is 0 Å². The number of furan rings is 1. The van der Waals surface area contributed by atoms with E-state index < -0.39 is 0 Å². The third-order valence-corrected chi connectivity index (χ3v) is 2.83. The van der Waals surface area contributed by atoms with Gasteiger partial charge in [0.25, 0.3) is 0 Å². The van der Waals surface area contributed by atoms with Crippen molar-refractivity contribution >= 4 is 17.4 Å². The summed E-state index contributed by atoms with van der Waals surface area (Å²) < 4.78 is 5.43. The molecule has 0 spiro atoms. The van der Waals surface area contributed by atoms with Crippen LogP contribution in [0.3, 0.4) is 0 Å². The van der Waals surface area contributed by atoms with Crippen LogP contribution in [0, 0.1) is 0 Å². The fourth-order valence-corrected chi connectivity index (χ4v) is 1.73. The number of anilines is 1. The minimum absolute atomic E-state index is 0.175. The molecule has 4 heteroatoms. The number of nitrogens with one attached hydrogen (secondary N) is 1. The van der Waals surface area contributed by atoms with Gasteiger partial charge in [0.15, 0.2) is 5.76 Å². The Morgan fingerprint density at radius 1 is 1.20 bits per heavy atom. The third-order valence-electron chi connectivity index (χ3n) is 2.83. The maximum absolute atomic E-state index is 12.2. The molecule has 0 aliphatic carbocycles. The Kier molecular flexibility index (Phi) is 4.15. The molecule has 1 aromatic carbocycles. The van der Waals surface area contributed by atoms with E-state index in [1.54, 1.807) is 36.4 Å². The second-order valence-corrected chi connectivity index (χ2v) is 4.22. The second kappa shape index (κ2) is 6.02. The fraction of sp³-hybridized carbons (Fsp3) is 0.125. The van der Waals surface area contributed by atoms with E-state index in [9.17, 15) is 9.59 Å². The number of hydrogen-bond donors (Lipinski definition) is 1. The van der Waals surface area contributed by atoms with E-state index in [0.29, 0.717) is 17.0 Å². The molecule has 0 aliphatic rings. The summed E-state index contributed by atoms with van der Waals surface area (Å²) in [5, 5.41) is 2.62. The average molecular weight is 269 g/mol. The molecule has 20 heavy (non-hydrogen) atoms. The van der Waals surface area contributed by atoms with Gasteiger partial charge in [0.1, 0.15) is 5.76 Å². The van der Waals surface area contributed by atoms with Crippen molar-refractivity contribution in [1.82, 2.24) is 0 Å². The van der Waals surface area contributed by atoms with Crippen molar-refractivity contribution < 1.29 is 14.0 Å². The third kappa shape index (κ3) is 3.03. The van der Waals surface area contributed by atoms with Gasteiger partial charge in [-0.05, 0) is 42.5 Å². The molecule has 0 bridgehead atoms. The predicted octanol–water partition coefficient (Wildman–Crippen LogP) is 3.20. The lowest BCUT2D eigenvalue weighted by atomic mass is 10.1. The Morgan fingerprint density at radius 2 is 1.90 bits per heavy atom. The van der Waals surface area contributed by atoms with Crippen molar-refractivity contribution in [3.05, 3.63) is 66.1 Å². The van der Waals surface area contributed by atoms with Gasteiger partial charge in [0.05, 0.1) is 0 Å². The maximum atomic E-state index is 12.2. The minimum atomic E-state index is -0.289. The molecule has 102 valence electrons. The predicted molar refractivity (Wildman–Crippen MR) is 76.8 cm³/mol. The number of hydrogen-bond acceptors (Lipinski definition) is 3. The van der Waals surface area contributed by atoms with E-state index in [-0.39, 0.29) is 11.7 Å². The van der Waals surface area contributed by atoms with Gasteiger partial charge in [-0.25, -0.2) is 0 Å². The lowest BCUT2D eigenvalue weighted by Gasteiger charge is -2.03. The van der Waals surface area contributed by atoms with E-state index in [1.807, 2.05) is 6.92 Å². The highest BCUT2D eigenvalue weighted by Crippen LogP contribution is 2.16. The lowest BCUT2D eigenvalue weighted by molar-refractivity contribution is -0.111. The van der Waals surface area contributed by atoms with Crippen LogP contribution in [-0.4, -0.2) is 11.7 Å². The normalized spacial score (nSPS) is 10.1.